The molecule has 1 amide bonds. The molecule has 2 aromatic heterocycles. The number of nitrogens with zero attached hydrogens (tertiary/aromatic N) is 4. The highest BCUT2D eigenvalue weighted by Crippen LogP contribution is 2.24. The molecule has 2 heterocycles. The summed E-state index contributed by atoms with van der Waals surface area (Å²) in [4.78, 5) is 23.5. The van der Waals surface area contributed by atoms with Crippen molar-refractivity contribution in [2.45, 2.75) is 20.3 Å². The van der Waals surface area contributed by atoms with Crippen LogP contribution >= 0.6 is 0 Å². The summed E-state index contributed by atoms with van der Waals surface area (Å²) in [5, 5.41) is 18.6. The number of amides is 1. The van der Waals surface area contributed by atoms with E-state index in [1.54, 1.807) is 18.2 Å². The van der Waals surface area contributed by atoms with E-state index in [-0.39, 0.29) is 11.6 Å². The van der Waals surface area contributed by atoms with E-state index >= 15 is 0 Å². The van der Waals surface area contributed by atoms with Gasteiger partial charge in [0, 0.05) is 31.9 Å². The fraction of sp³-hybridized carbons (Fsp3) is 0.300. The molecule has 0 aliphatic heterocycles. The molecule has 0 saturated carbocycles. The van der Waals surface area contributed by atoms with Crippen molar-refractivity contribution in [2.24, 2.45) is 13.0 Å². The van der Waals surface area contributed by atoms with Gasteiger partial charge in [-0.3, -0.25) is 14.9 Å². The first kappa shape index (κ1) is 19.3. The Morgan fingerprint density at radius 3 is 2.68 bits per heavy atom. The number of aryl methyl sites for hydroxylation is 1. The van der Waals surface area contributed by atoms with Gasteiger partial charge >= 0.3 is 0 Å². The maximum atomic E-state index is 12.8. The van der Waals surface area contributed by atoms with Gasteiger partial charge in [-0.1, -0.05) is 19.9 Å². The number of hydrogen-bond donors (Lipinski definition) is 1. The van der Waals surface area contributed by atoms with E-state index in [1.807, 2.05) is 29.9 Å². The quantitative estimate of drug-likeness (QED) is 0.500. The smallest absolute Gasteiger partial charge is 0.271 e. The molecule has 1 aromatic carbocycles. The van der Waals surface area contributed by atoms with Crippen LogP contribution in [0, 0.1) is 16.0 Å². The maximum absolute atomic E-state index is 12.8. The Balaban J connectivity index is 2.03. The third kappa shape index (κ3) is 4.11. The predicted molar refractivity (Wildman–Crippen MR) is 106 cm³/mol. The molecular formula is C20H23N5O3. The van der Waals surface area contributed by atoms with Gasteiger partial charge in [0.2, 0.25) is 0 Å². The van der Waals surface area contributed by atoms with Crippen LogP contribution in [0.25, 0.3) is 17.1 Å². The zero-order chi connectivity index (χ0) is 20.3. The number of non-ortho nitro benzene ring substituents is 1. The molecule has 1 N–H and O–H groups in total. The summed E-state index contributed by atoms with van der Waals surface area (Å²) in [6, 6.07) is 11.6. The van der Waals surface area contributed by atoms with E-state index in [2.05, 4.69) is 24.3 Å². The van der Waals surface area contributed by atoms with Crippen LogP contribution in [-0.4, -0.2) is 31.7 Å². The summed E-state index contributed by atoms with van der Waals surface area (Å²) < 4.78 is 3.36. The fourth-order valence-electron chi connectivity index (χ4n) is 2.90. The highest BCUT2D eigenvalue weighted by Gasteiger charge is 2.20. The number of nitrogens with one attached hydrogen (secondary N) is 1. The molecule has 146 valence electrons. The summed E-state index contributed by atoms with van der Waals surface area (Å²) in [6.45, 7) is 4.73. The van der Waals surface area contributed by atoms with Crippen molar-refractivity contribution in [2.75, 3.05) is 6.54 Å². The second-order valence-corrected chi connectivity index (χ2v) is 7.05. The van der Waals surface area contributed by atoms with Crippen LogP contribution in [0.4, 0.5) is 5.69 Å². The van der Waals surface area contributed by atoms with Gasteiger partial charge in [0.05, 0.1) is 16.3 Å². The second-order valence-electron chi connectivity index (χ2n) is 7.05. The monoisotopic (exact) mass is 381 g/mol. The molecule has 0 radical (unpaired) electrons. The lowest BCUT2D eigenvalue weighted by Crippen LogP contribution is -2.27. The highest BCUT2D eigenvalue weighted by molar-refractivity contribution is 5.94. The molecule has 0 saturated heterocycles. The lowest BCUT2D eigenvalue weighted by molar-refractivity contribution is -0.384. The Morgan fingerprint density at radius 2 is 2.04 bits per heavy atom. The van der Waals surface area contributed by atoms with Crippen LogP contribution < -0.4 is 5.32 Å². The highest BCUT2D eigenvalue weighted by atomic mass is 16.6. The molecule has 0 bridgehead atoms. The third-order valence-corrected chi connectivity index (χ3v) is 4.44. The second kappa shape index (κ2) is 8.08. The standard InChI is InChI=1S/C20H23N5O3/c1-14(2)9-10-21-20(26)19-13-17(18-8-5-11-23(18)3)22-24(19)15-6-4-7-16(12-15)25(27)28/h4-8,11-14H,9-10H2,1-3H3,(H,21,26). The van der Waals surface area contributed by atoms with Gasteiger partial charge in [-0.05, 0) is 36.6 Å². The van der Waals surface area contributed by atoms with E-state index in [4.69, 9.17) is 0 Å². The predicted octanol–water partition coefficient (Wildman–Crippen LogP) is 3.56. The van der Waals surface area contributed by atoms with Crippen molar-refractivity contribution in [3.8, 4) is 17.1 Å². The number of rotatable bonds is 7. The van der Waals surface area contributed by atoms with Crippen LogP contribution in [0.5, 0.6) is 0 Å². The van der Waals surface area contributed by atoms with Crippen molar-refractivity contribution in [3.05, 3.63) is 64.5 Å². The van der Waals surface area contributed by atoms with Gasteiger partial charge in [0.15, 0.2) is 0 Å². The van der Waals surface area contributed by atoms with E-state index in [0.717, 1.165) is 12.1 Å². The normalized spacial score (nSPS) is 11.0. The van der Waals surface area contributed by atoms with Crippen LogP contribution in [0.15, 0.2) is 48.7 Å². The molecule has 3 rings (SSSR count). The van der Waals surface area contributed by atoms with Crippen molar-refractivity contribution in [3.63, 3.8) is 0 Å². The Kier molecular flexibility index (Phi) is 5.58. The van der Waals surface area contributed by atoms with Crippen LogP contribution in [0.2, 0.25) is 0 Å². The number of benzene rings is 1. The molecule has 8 nitrogen and oxygen atoms in total. The molecule has 3 aromatic rings. The van der Waals surface area contributed by atoms with Crippen molar-refractivity contribution in [1.82, 2.24) is 19.7 Å². The zero-order valence-electron chi connectivity index (χ0n) is 16.1. The minimum absolute atomic E-state index is 0.0559. The SMILES string of the molecule is CC(C)CCNC(=O)c1cc(-c2cccn2C)nn1-c1cccc([N+](=O)[O-])c1. The summed E-state index contributed by atoms with van der Waals surface area (Å²) in [5.41, 5.74) is 2.21. The Bertz CT molecular complexity index is 1000. The zero-order valence-corrected chi connectivity index (χ0v) is 16.1. The number of carbonyl (C=O) groups excluding carboxylic acids is 1. The van der Waals surface area contributed by atoms with Crippen LogP contribution in [-0.2, 0) is 7.05 Å². The first-order chi connectivity index (χ1) is 13.4. The molecular weight excluding hydrogens is 358 g/mol. The average molecular weight is 381 g/mol. The largest absolute Gasteiger partial charge is 0.351 e. The van der Waals surface area contributed by atoms with E-state index in [1.165, 1.54) is 16.8 Å². The van der Waals surface area contributed by atoms with Gasteiger partial charge < -0.3 is 9.88 Å². The summed E-state index contributed by atoms with van der Waals surface area (Å²) in [5.74, 6) is 0.209. The molecule has 8 heteroatoms. The van der Waals surface area contributed by atoms with Crippen molar-refractivity contribution < 1.29 is 9.72 Å². The van der Waals surface area contributed by atoms with Gasteiger partial charge in [0.1, 0.15) is 11.4 Å². The number of nitro benzene ring substituents is 1. The van der Waals surface area contributed by atoms with Crippen LogP contribution in [0.3, 0.4) is 0 Å². The summed E-state index contributed by atoms with van der Waals surface area (Å²) >= 11 is 0. The summed E-state index contributed by atoms with van der Waals surface area (Å²) in [7, 11) is 1.89. The molecule has 0 aliphatic rings. The molecule has 28 heavy (non-hydrogen) atoms. The van der Waals surface area contributed by atoms with E-state index in [0.29, 0.717) is 29.5 Å². The summed E-state index contributed by atoms with van der Waals surface area (Å²) in [6.07, 6.45) is 2.76. The van der Waals surface area contributed by atoms with Crippen molar-refractivity contribution >= 4 is 11.6 Å². The number of carbonyl (C=O) groups is 1. The topological polar surface area (TPSA) is 95.0 Å². The van der Waals surface area contributed by atoms with Gasteiger partial charge in [-0.25, -0.2) is 4.68 Å². The molecule has 0 spiro atoms. The van der Waals surface area contributed by atoms with E-state index < -0.39 is 4.92 Å². The van der Waals surface area contributed by atoms with Gasteiger partial charge in [-0.2, -0.15) is 5.10 Å². The third-order valence-electron chi connectivity index (χ3n) is 4.44. The molecule has 0 aliphatic carbocycles. The Hall–Kier alpha value is -3.42. The molecule has 0 unspecified atom stereocenters. The first-order valence-corrected chi connectivity index (χ1v) is 9.11. The lowest BCUT2D eigenvalue weighted by Gasteiger charge is -2.09. The average Bonchev–Trinajstić information content (AvgIpc) is 3.27. The molecule has 0 fully saturated rings. The maximum Gasteiger partial charge on any atom is 0.271 e. The Labute approximate surface area is 162 Å². The Morgan fingerprint density at radius 1 is 1.25 bits per heavy atom. The number of aromatic nitrogens is 3. The van der Waals surface area contributed by atoms with E-state index in [9.17, 15) is 14.9 Å². The fourth-order valence-corrected chi connectivity index (χ4v) is 2.90. The van der Waals surface area contributed by atoms with Gasteiger partial charge in [-0.15, -0.1) is 0 Å². The van der Waals surface area contributed by atoms with Gasteiger partial charge in [0.25, 0.3) is 11.6 Å². The van der Waals surface area contributed by atoms with Crippen molar-refractivity contribution in [1.29, 1.82) is 0 Å². The minimum Gasteiger partial charge on any atom is -0.351 e. The molecule has 0 atom stereocenters. The first-order valence-electron chi connectivity index (χ1n) is 9.11. The van der Waals surface area contributed by atoms with Crippen LogP contribution in [0.1, 0.15) is 30.8 Å². The number of nitro groups is 1. The lowest BCUT2D eigenvalue weighted by atomic mass is 10.1. The minimum atomic E-state index is -0.465. The number of hydrogen-bond acceptors (Lipinski definition) is 4.